The molecule has 0 unspecified atom stereocenters. The molecule has 0 aliphatic carbocycles. The molecule has 4 nitrogen and oxygen atoms in total. The van der Waals surface area contributed by atoms with Crippen molar-refractivity contribution in [1.82, 2.24) is 5.43 Å². The van der Waals surface area contributed by atoms with Crippen molar-refractivity contribution in [2.75, 3.05) is 18.1 Å². The average molecular weight is 252 g/mol. The van der Waals surface area contributed by atoms with Gasteiger partial charge in [0, 0.05) is 17.1 Å². The fraction of sp³-hybridized carbons (Fsp3) is 0.417. The number of anilines is 1. The molecule has 0 heterocycles. The molecule has 4 N–H and O–H groups in total. The minimum Gasteiger partial charge on any atom is -0.325 e. The maximum absolute atomic E-state index is 5.42. The first-order valence-electron chi connectivity index (χ1n) is 5.58. The van der Waals surface area contributed by atoms with E-state index in [2.05, 4.69) is 48.0 Å². The number of nitrogens with zero attached hydrogens (tertiary/aromatic N) is 1. The number of nitrogens with one attached hydrogen (secondary N) is 2. The fourth-order valence-corrected chi connectivity index (χ4v) is 1.61. The van der Waals surface area contributed by atoms with Gasteiger partial charge in [-0.15, -0.1) is 11.8 Å². The van der Waals surface area contributed by atoms with Crippen LogP contribution in [-0.4, -0.2) is 18.8 Å². The number of aliphatic imine (C=N–C) groups is 1. The topological polar surface area (TPSA) is 62.4 Å². The zero-order valence-corrected chi connectivity index (χ0v) is 11.3. The molecule has 1 aromatic rings. The van der Waals surface area contributed by atoms with Crippen LogP contribution in [0.2, 0.25) is 0 Å². The molecule has 0 radical (unpaired) electrons. The Bertz CT molecular complexity index is 359. The highest BCUT2D eigenvalue weighted by Gasteiger charge is 1.99. The van der Waals surface area contributed by atoms with E-state index >= 15 is 0 Å². The summed E-state index contributed by atoms with van der Waals surface area (Å²) in [5.74, 6) is 6.52. The molecule has 0 bridgehead atoms. The van der Waals surface area contributed by atoms with E-state index in [1.165, 1.54) is 4.90 Å². The zero-order valence-electron chi connectivity index (χ0n) is 10.5. The van der Waals surface area contributed by atoms with Crippen LogP contribution in [0.15, 0.2) is 34.2 Å². The van der Waals surface area contributed by atoms with Crippen molar-refractivity contribution in [1.29, 1.82) is 0 Å². The lowest BCUT2D eigenvalue weighted by Gasteiger charge is -2.10. The Kier molecular flexibility index (Phi) is 5.86. The highest BCUT2D eigenvalue weighted by Crippen LogP contribution is 2.17. The lowest BCUT2D eigenvalue weighted by molar-refractivity contribution is 0.663. The molecular formula is C12H20N4S. The van der Waals surface area contributed by atoms with E-state index in [0.29, 0.717) is 11.9 Å². The number of guanidine groups is 1. The Hall–Kier alpha value is -1.20. The maximum Gasteiger partial charge on any atom is 0.210 e. The number of hydrogen-bond donors (Lipinski definition) is 3. The van der Waals surface area contributed by atoms with E-state index in [9.17, 15) is 0 Å². The van der Waals surface area contributed by atoms with Gasteiger partial charge >= 0.3 is 0 Å². The fourth-order valence-electron chi connectivity index (χ4n) is 1.21. The van der Waals surface area contributed by atoms with Crippen LogP contribution in [0.25, 0.3) is 0 Å². The van der Waals surface area contributed by atoms with Crippen molar-refractivity contribution in [3.8, 4) is 0 Å². The second-order valence-electron chi connectivity index (χ2n) is 4.08. The number of hydrazine groups is 1. The Labute approximate surface area is 107 Å². The number of nitrogens with two attached hydrogens (primary N) is 1. The van der Waals surface area contributed by atoms with E-state index < -0.39 is 0 Å². The summed E-state index contributed by atoms with van der Waals surface area (Å²) in [6.45, 7) is 4.98. The van der Waals surface area contributed by atoms with Crippen molar-refractivity contribution >= 4 is 23.4 Å². The Morgan fingerprint density at radius 2 is 2.00 bits per heavy atom. The van der Waals surface area contributed by atoms with Gasteiger partial charge in [0.2, 0.25) is 5.96 Å². The summed E-state index contributed by atoms with van der Waals surface area (Å²) < 4.78 is 0. The standard InChI is InChI=1S/C12H20N4S/c1-9(2)8-14-12(16-13)15-10-4-6-11(17-3)7-5-10/h4-7,9H,8,13H2,1-3H3,(H2,14,15,16). The maximum atomic E-state index is 5.42. The average Bonchev–Trinajstić information content (AvgIpc) is 2.35. The van der Waals surface area contributed by atoms with Gasteiger partial charge in [-0.05, 0) is 36.4 Å². The Morgan fingerprint density at radius 3 is 2.47 bits per heavy atom. The van der Waals surface area contributed by atoms with Crippen LogP contribution in [0.3, 0.4) is 0 Å². The van der Waals surface area contributed by atoms with Crippen LogP contribution >= 0.6 is 11.8 Å². The zero-order chi connectivity index (χ0) is 12.7. The lowest BCUT2D eigenvalue weighted by Crippen LogP contribution is -2.36. The Balaban J connectivity index is 2.63. The van der Waals surface area contributed by atoms with Crippen molar-refractivity contribution in [2.45, 2.75) is 18.7 Å². The van der Waals surface area contributed by atoms with Crippen LogP contribution < -0.4 is 16.6 Å². The molecular weight excluding hydrogens is 232 g/mol. The SMILES string of the molecule is CSc1ccc(NC(=NCC(C)C)NN)cc1. The van der Waals surface area contributed by atoms with Crippen LogP contribution in [0.4, 0.5) is 5.69 Å². The molecule has 0 saturated carbocycles. The van der Waals surface area contributed by atoms with Crippen LogP contribution in [0.5, 0.6) is 0 Å². The van der Waals surface area contributed by atoms with Crippen molar-refractivity contribution in [3.05, 3.63) is 24.3 Å². The summed E-state index contributed by atoms with van der Waals surface area (Å²) in [7, 11) is 0. The van der Waals surface area contributed by atoms with Gasteiger partial charge in [0.15, 0.2) is 0 Å². The second-order valence-corrected chi connectivity index (χ2v) is 4.96. The lowest BCUT2D eigenvalue weighted by atomic mass is 10.2. The van der Waals surface area contributed by atoms with Crippen molar-refractivity contribution < 1.29 is 0 Å². The summed E-state index contributed by atoms with van der Waals surface area (Å²) in [6.07, 6.45) is 2.05. The van der Waals surface area contributed by atoms with Crippen LogP contribution in [-0.2, 0) is 0 Å². The quantitative estimate of drug-likeness (QED) is 0.253. The second kappa shape index (κ2) is 7.19. The molecule has 0 saturated heterocycles. The number of rotatable bonds is 4. The van der Waals surface area contributed by atoms with E-state index in [1.54, 1.807) is 11.8 Å². The molecule has 5 heteroatoms. The third-order valence-electron chi connectivity index (χ3n) is 2.10. The largest absolute Gasteiger partial charge is 0.325 e. The van der Waals surface area contributed by atoms with E-state index in [1.807, 2.05) is 12.1 Å². The van der Waals surface area contributed by atoms with Gasteiger partial charge in [0.05, 0.1) is 0 Å². The van der Waals surface area contributed by atoms with Gasteiger partial charge in [-0.25, -0.2) is 5.84 Å². The monoisotopic (exact) mass is 252 g/mol. The number of thioether (sulfide) groups is 1. The first-order chi connectivity index (χ1) is 8.15. The van der Waals surface area contributed by atoms with Crippen molar-refractivity contribution in [3.63, 3.8) is 0 Å². The molecule has 0 aromatic heterocycles. The summed E-state index contributed by atoms with van der Waals surface area (Å²) in [4.78, 5) is 5.58. The summed E-state index contributed by atoms with van der Waals surface area (Å²) >= 11 is 1.72. The van der Waals surface area contributed by atoms with E-state index in [-0.39, 0.29) is 0 Å². The molecule has 0 spiro atoms. The predicted octanol–water partition coefficient (Wildman–Crippen LogP) is 2.30. The van der Waals surface area contributed by atoms with Gasteiger partial charge in [0.25, 0.3) is 0 Å². The van der Waals surface area contributed by atoms with Gasteiger partial charge in [0.1, 0.15) is 0 Å². The summed E-state index contributed by atoms with van der Waals surface area (Å²) in [5.41, 5.74) is 3.54. The molecule has 0 fully saturated rings. The van der Waals surface area contributed by atoms with Gasteiger partial charge in [-0.1, -0.05) is 13.8 Å². The van der Waals surface area contributed by atoms with Crippen molar-refractivity contribution in [2.24, 2.45) is 16.8 Å². The van der Waals surface area contributed by atoms with E-state index in [0.717, 1.165) is 12.2 Å². The predicted molar refractivity (Wildman–Crippen MR) is 76.3 cm³/mol. The number of hydrogen-bond acceptors (Lipinski definition) is 3. The minimum absolute atomic E-state index is 0.513. The van der Waals surface area contributed by atoms with Crippen LogP contribution in [0, 0.1) is 5.92 Å². The summed E-state index contributed by atoms with van der Waals surface area (Å²) in [5, 5.41) is 3.14. The highest BCUT2D eigenvalue weighted by molar-refractivity contribution is 7.98. The van der Waals surface area contributed by atoms with E-state index in [4.69, 9.17) is 5.84 Å². The van der Waals surface area contributed by atoms with Gasteiger partial charge in [-0.2, -0.15) is 0 Å². The molecule has 0 aliphatic rings. The smallest absolute Gasteiger partial charge is 0.210 e. The summed E-state index contributed by atoms with van der Waals surface area (Å²) in [6, 6.07) is 8.13. The molecule has 94 valence electrons. The normalized spacial score (nSPS) is 11.7. The molecule has 17 heavy (non-hydrogen) atoms. The highest BCUT2D eigenvalue weighted by atomic mass is 32.2. The Morgan fingerprint density at radius 1 is 1.35 bits per heavy atom. The minimum atomic E-state index is 0.513. The molecule has 0 amide bonds. The molecule has 0 atom stereocenters. The van der Waals surface area contributed by atoms with Gasteiger partial charge < -0.3 is 5.32 Å². The first kappa shape index (κ1) is 13.9. The molecule has 1 rings (SSSR count). The van der Waals surface area contributed by atoms with Gasteiger partial charge in [-0.3, -0.25) is 10.4 Å². The molecule has 1 aromatic carbocycles. The third-order valence-corrected chi connectivity index (χ3v) is 2.85. The number of benzene rings is 1. The third kappa shape index (κ3) is 5.10. The molecule has 0 aliphatic heterocycles. The first-order valence-corrected chi connectivity index (χ1v) is 6.80. The van der Waals surface area contributed by atoms with Crippen LogP contribution in [0.1, 0.15) is 13.8 Å².